The van der Waals surface area contributed by atoms with Gasteiger partial charge in [0, 0.05) is 6.42 Å². The molecule has 0 aliphatic carbocycles. The molecule has 0 atom stereocenters. The molecule has 1 rings (SSSR count). The Hall–Kier alpha value is -1.38. The summed E-state index contributed by atoms with van der Waals surface area (Å²) < 4.78 is 12.7. The van der Waals surface area contributed by atoms with E-state index in [1.165, 1.54) is 19.1 Å². The number of aromatic hydroxyl groups is 1. The summed E-state index contributed by atoms with van der Waals surface area (Å²) in [7, 11) is 0. The van der Waals surface area contributed by atoms with Crippen LogP contribution in [0.5, 0.6) is 5.75 Å². The fraction of sp³-hybridized carbons (Fsp3) is 0.222. The molecule has 1 aromatic carbocycles. The third kappa shape index (κ3) is 2.05. The van der Waals surface area contributed by atoms with Crippen LogP contribution in [0.4, 0.5) is 4.39 Å². The van der Waals surface area contributed by atoms with E-state index in [-0.39, 0.29) is 18.0 Å². The summed E-state index contributed by atoms with van der Waals surface area (Å²) in [6.07, 6.45) is 0.206. The van der Waals surface area contributed by atoms with Crippen molar-refractivity contribution >= 4 is 5.78 Å². The molecule has 0 aliphatic rings. The molecular formula is C9H9FO2. The molecule has 3 heteroatoms. The Morgan fingerprint density at radius 1 is 1.58 bits per heavy atom. The highest BCUT2D eigenvalue weighted by Gasteiger charge is 2.02. The number of halogens is 1. The molecule has 0 aliphatic heterocycles. The quantitative estimate of drug-likeness (QED) is 0.729. The van der Waals surface area contributed by atoms with Crippen LogP contribution in [0.25, 0.3) is 0 Å². The summed E-state index contributed by atoms with van der Waals surface area (Å²) in [5, 5.41) is 8.82. The van der Waals surface area contributed by atoms with Crippen LogP contribution in [0, 0.1) is 5.82 Å². The standard InChI is InChI=1S/C9H9FO2/c1-6(11)4-7-2-3-9(12)8(10)5-7/h2-3,5,12H,4H2,1H3. The number of benzene rings is 1. The summed E-state index contributed by atoms with van der Waals surface area (Å²) in [5.41, 5.74) is 0.581. The zero-order chi connectivity index (χ0) is 9.14. The monoisotopic (exact) mass is 168 g/mol. The van der Waals surface area contributed by atoms with Gasteiger partial charge in [-0.05, 0) is 24.6 Å². The SMILES string of the molecule is CC(=O)Cc1ccc(O)c(F)c1. The third-order valence-electron chi connectivity index (χ3n) is 1.47. The van der Waals surface area contributed by atoms with Crippen LogP contribution in [0.2, 0.25) is 0 Å². The van der Waals surface area contributed by atoms with Crippen LogP contribution >= 0.6 is 0 Å². The number of ketones is 1. The van der Waals surface area contributed by atoms with Gasteiger partial charge in [0.05, 0.1) is 0 Å². The molecule has 64 valence electrons. The van der Waals surface area contributed by atoms with Crippen molar-refractivity contribution in [2.45, 2.75) is 13.3 Å². The van der Waals surface area contributed by atoms with Crippen LogP contribution in [0.1, 0.15) is 12.5 Å². The summed E-state index contributed by atoms with van der Waals surface area (Å²) in [6.45, 7) is 1.44. The lowest BCUT2D eigenvalue weighted by Crippen LogP contribution is -1.96. The van der Waals surface area contributed by atoms with Gasteiger partial charge in [0.25, 0.3) is 0 Å². The second-order valence-electron chi connectivity index (χ2n) is 2.66. The highest BCUT2D eigenvalue weighted by atomic mass is 19.1. The van der Waals surface area contributed by atoms with Crippen LogP contribution < -0.4 is 0 Å². The van der Waals surface area contributed by atoms with Crippen LogP contribution in [-0.4, -0.2) is 10.9 Å². The van der Waals surface area contributed by atoms with E-state index >= 15 is 0 Å². The van der Waals surface area contributed by atoms with E-state index in [0.29, 0.717) is 5.56 Å². The van der Waals surface area contributed by atoms with Crippen molar-refractivity contribution < 1.29 is 14.3 Å². The van der Waals surface area contributed by atoms with E-state index in [9.17, 15) is 9.18 Å². The number of phenols is 1. The predicted molar refractivity (Wildman–Crippen MR) is 42.4 cm³/mol. The molecule has 0 unspecified atom stereocenters. The van der Waals surface area contributed by atoms with Gasteiger partial charge in [-0.3, -0.25) is 4.79 Å². The summed E-state index contributed by atoms with van der Waals surface area (Å²) in [4.78, 5) is 10.6. The normalized spacial score (nSPS) is 9.83. The predicted octanol–water partition coefficient (Wildman–Crippen LogP) is 1.66. The van der Waals surface area contributed by atoms with Gasteiger partial charge in [-0.1, -0.05) is 6.07 Å². The molecular weight excluding hydrogens is 159 g/mol. The van der Waals surface area contributed by atoms with Crippen molar-refractivity contribution in [2.75, 3.05) is 0 Å². The molecule has 0 spiro atoms. The molecule has 12 heavy (non-hydrogen) atoms. The van der Waals surface area contributed by atoms with Gasteiger partial charge in [-0.25, -0.2) is 4.39 Å². The van der Waals surface area contributed by atoms with E-state index in [0.717, 1.165) is 6.07 Å². The van der Waals surface area contributed by atoms with Crippen LogP contribution in [-0.2, 0) is 11.2 Å². The van der Waals surface area contributed by atoms with Crippen molar-refractivity contribution in [3.05, 3.63) is 29.6 Å². The average Bonchev–Trinajstić information content (AvgIpc) is 1.96. The lowest BCUT2D eigenvalue weighted by atomic mass is 10.1. The van der Waals surface area contributed by atoms with Crippen molar-refractivity contribution in [3.8, 4) is 5.75 Å². The number of rotatable bonds is 2. The number of hydrogen-bond acceptors (Lipinski definition) is 2. The Morgan fingerprint density at radius 3 is 2.75 bits per heavy atom. The van der Waals surface area contributed by atoms with Crippen molar-refractivity contribution in [3.63, 3.8) is 0 Å². The number of carbonyl (C=O) groups excluding carboxylic acids is 1. The van der Waals surface area contributed by atoms with E-state index < -0.39 is 5.82 Å². The van der Waals surface area contributed by atoms with Gasteiger partial charge in [0.15, 0.2) is 11.6 Å². The second kappa shape index (κ2) is 3.34. The molecule has 0 fully saturated rings. The molecule has 1 aromatic rings. The first kappa shape index (κ1) is 8.71. The lowest BCUT2D eigenvalue weighted by molar-refractivity contribution is -0.116. The largest absolute Gasteiger partial charge is 0.505 e. The fourth-order valence-corrected chi connectivity index (χ4v) is 0.948. The van der Waals surface area contributed by atoms with E-state index in [2.05, 4.69) is 0 Å². The van der Waals surface area contributed by atoms with Gasteiger partial charge < -0.3 is 5.11 Å². The highest BCUT2D eigenvalue weighted by molar-refractivity contribution is 5.78. The number of carbonyl (C=O) groups is 1. The molecule has 2 nitrogen and oxygen atoms in total. The highest BCUT2D eigenvalue weighted by Crippen LogP contribution is 2.16. The fourth-order valence-electron chi connectivity index (χ4n) is 0.948. The minimum atomic E-state index is -0.686. The number of phenolic OH excluding ortho intramolecular Hbond substituents is 1. The summed E-state index contributed by atoms with van der Waals surface area (Å²) in [5.74, 6) is -1.10. The molecule has 0 saturated carbocycles. The molecule has 0 bridgehead atoms. The first-order chi connectivity index (χ1) is 5.59. The first-order valence-corrected chi connectivity index (χ1v) is 3.56. The smallest absolute Gasteiger partial charge is 0.165 e. The zero-order valence-electron chi connectivity index (χ0n) is 6.67. The summed E-state index contributed by atoms with van der Waals surface area (Å²) in [6, 6.07) is 3.93. The molecule has 0 radical (unpaired) electrons. The Bertz CT molecular complexity index is 307. The number of Topliss-reactive ketones (excluding diaryl/α,β-unsaturated/α-hetero) is 1. The number of hydrogen-bond donors (Lipinski definition) is 1. The lowest BCUT2D eigenvalue weighted by Gasteiger charge is -1.98. The van der Waals surface area contributed by atoms with Gasteiger partial charge in [0.2, 0.25) is 0 Å². The minimum Gasteiger partial charge on any atom is -0.505 e. The first-order valence-electron chi connectivity index (χ1n) is 3.56. The maximum absolute atomic E-state index is 12.7. The van der Waals surface area contributed by atoms with Crippen molar-refractivity contribution in [2.24, 2.45) is 0 Å². The Morgan fingerprint density at radius 2 is 2.25 bits per heavy atom. The van der Waals surface area contributed by atoms with Gasteiger partial charge in [0.1, 0.15) is 5.78 Å². The van der Waals surface area contributed by atoms with Crippen molar-refractivity contribution in [1.82, 2.24) is 0 Å². The minimum absolute atomic E-state index is 0.0277. The molecule has 0 amide bonds. The Labute approximate surface area is 69.6 Å². The van der Waals surface area contributed by atoms with Gasteiger partial charge >= 0.3 is 0 Å². The second-order valence-corrected chi connectivity index (χ2v) is 2.66. The topological polar surface area (TPSA) is 37.3 Å². The summed E-state index contributed by atoms with van der Waals surface area (Å²) >= 11 is 0. The van der Waals surface area contributed by atoms with Crippen LogP contribution in [0.15, 0.2) is 18.2 Å². The van der Waals surface area contributed by atoms with Crippen LogP contribution in [0.3, 0.4) is 0 Å². The zero-order valence-corrected chi connectivity index (χ0v) is 6.67. The maximum Gasteiger partial charge on any atom is 0.165 e. The van der Waals surface area contributed by atoms with Crippen molar-refractivity contribution in [1.29, 1.82) is 0 Å². The molecule has 0 saturated heterocycles. The van der Waals surface area contributed by atoms with Gasteiger partial charge in [-0.2, -0.15) is 0 Å². The van der Waals surface area contributed by atoms with E-state index in [4.69, 9.17) is 5.11 Å². The van der Waals surface area contributed by atoms with Gasteiger partial charge in [-0.15, -0.1) is 0 Å². The van der Waals surface area contributed by atoms with E-state index in [1.807, 2.05) is 0 Å². The Kier molecular flexibility index (Phi) is 2.43. The Balaban J connectivity index is 2.89. The van der Waals surface area contributed by atoms with E-state index in [1.54, 1.807) is 0 Å². The average molecular weight is 168 g/mol. The molecule has 0 heterocycles. The molecule has 1 N–H and O–H groups in total. The maximum atomic E-state index is 12.7. The third-order valence-corrected chi connectivity index (χ3v) is 1.47. The molecule has 0 aromatic heterocycles.